The Morgan fingerprint density at radius 3 is 2.70 bits per heavy atom. The molecule has 0 unspecified atom stereocenters. The van der Waals surface area contributed by atoms with Crippen LogP contribution in [-0.4, -0.2) is 43.1 Å². The lowest BCUT2D eigenvalue weighted by atomic mass is 9.72. The van der Waals surface area contributed by atoms with E-state index in [1.54, 1.807) is 0 Å². The van der Waals surface area contributed by atoms with Gasteiger partial charge in [0.05, 0.1) is 16.8 Å². The van der Waals surface area contributed by atoms with Crippen LogP contribution in [0.1, 0.15) is 73.5 Å². The van der Waals surface area contributed by atoms with Crippen LogP contribution < -0.4 is 4.74 Å². The molecule has 1 saturated carbocycles. The Morgan fingerprint density at radius 2 is 2.10 bits per heavy atom. The summed E-state index contributed by atoms with van der Waals surface area (Å²) in [4.78, 5) is -0.953. The van der Waals surface area contributed by atoms with Gasteiger partial charge in [-0.15, -0.1) is 0 Å². The van der Waals surface area contributed by atoms with Crippen LogP contribution in [-0.2, 0) is 0 Å². The molecule has 20 heavy (non-hydrogen) atoms. The molecule has 0 spiro atoms. The molecule has 2 rings (SSSR count). The number of likely N-dealkylation sites (N-methyl/N-ethyl adjacent to an activating group) is 1. The van der Waals surface area contributed by atoms with E-state index in [-0.39, 0.29) is 0 Å². The summed E-state index contributed by atoms with van der Waals surface area (Å²) in [6.07, 6.45) is -21.8. The molecule has 1 aliphatic carbocycles. The fraction of sp³-hybridized carbons (Fsp3) is 0.647. The van der Waals surface area contributed by atoms with Crippen LogP contribution >= 0.6 is 0 Å². The first-order chi connectivity index (χ1) is 18.0. The first-order valence-corrected chi connectivity index (χ1v) is 5.37. The number of ether oxygens (including phenoxy) is 1. The highest BCUT2D eigenvalue weighted by Crippen LogP contribution is 2.40. The number of methoxy groups -OCH3 is 1. The van der Waals surface area contributed by atoms with Gasteiger partial charge in [0.25, 0.3) is 0 Å². The molecule has 0 heterocycles. The van der Waals surface area contributed by atoms with E-state index < -0.39 is 87.1 Å². The van der Waals surface area contributed by atoms with Crippen LogP contribution in [0.2, 0.25) is 0 Å². The quantitative estimate of drug-likeness (QED) is 0.907. The molecule has 0 aromatic heterocycles. The molecular weight excluding hydrogens is 250 g/mol. The Balaban J connectivity index is 3.25. The number of rotatable bonds is 5. The summed E-state index contributed by atoms with van der Waals surface area (Å²) in [5, 5.41) is 12.0. The summed E-state index contributed by atoms with van der Waals surface area (Å²) in [7, 11) is -3.07. The second kappa shape index (κ2) is 6.59. The Bertz CT molecular complexity index is 1120. The van der Waals surface area contributed by atoms with Crippen molar-refractivity contribution in [1.29, 1.82) is 0 Å². The predicted molar refractivity (Wildman–Crippen MR) is 82.3 cm³/mol. The minimum atomic E-state index is -4.80. The number of nitrogens with zero attached hydrogens (tertiary/aromatic N) is 1. The fourth-order valence-electron chi connectivity index (χ4n) is 1.59. The van der Waals surface area contributed by atoms with E-state index in [9.17, 15) is 6.48 Å². The highest BCUT2D eigenvalue weighted by molar-refractivity contribution is 5.31. The molecule has 1 atom stereocenters. The maximum atomic E-state index is 12.0. The van der Waals surface area contributed by atoms with Gasteiger partial charge >= 0.3 is 0 Å². The molecule has 1 N–H and O–H groups in total. The molecule has 0 bridgehead atoms. The second-order valence-electron chi connectivity index (χ2n) is 3.78. The molecule has 1 aromatic carbocycles. The molecular formula is C17H27NO2. The maximum absolute atomic E-state index is 12.0. The van der Waals surface area contributed by atoms with E-state index in [1.165, 1.54) is 0 Å². The summed E-state index contributed by atoms with van der Waals surface area (Å²) >= 11 is 0. The minimum Gasteiger partial charge on any atom is -0.497 e. The van der Waals surface area contributed by atoms with Crippen molar-refractivity contribution in [3.8, 4) is 5.75 Å². The summed E-state index contributed by atoms with van der Waals surface area (Å²) < 4.78 is 182. The Hall–Kier alpha value is -1.06. The average Bonchev–Trinajstić information content (AvgIpc) is 2.73. The van der Waals surface area contributed by atoms with Gasteiger partial charge in [0.15, 0.2) is 0 Å². The van der Waals surface area contributed by atoms with Crippen molar-refractivity contribution >= 4 is 0 Å². The number of hydrogen-bond acceptors (Lipinski definition) is 3. The number of benzene rings is 1. The van der Waals surface area contributed by atoms with Crippen LogP contribution in [0.3, 0.4) is 0 Å². The van der Waals surface area contributed by atoms with Crippen molar-refractivity contribution in [3.05, 3.63) is 29.8 Å². The Morgan fingerprint density at radius 1 is 1.40 bits per heavy atom. The molecule has 0 amide bonds. The molecule has 0 aliphatic heterocycles. The lowest BCUT2D eigenvalue weighted by Crippen LogP contribution is -2.42. The minimum absolute atomic E-state index is 0.516. The van der Waals surface area contributed by atoms with Crippen LogP contribution in [0.4, 0.5) is 0 Å². The zero-order valence-electron chi connectivity index (χ0n) is 32.1. The average molecular weight is 300 g/mol. The summed E-state index contributed by atoms with van der Waals surface area (Å²) in [6, 6.07) is 2.38. The Labute approximate surface area is 153 Å². The SMILES string of the molecule is [2H]C([2H])([2H])Oc1ccc([C@@]([2H])(C([2H])([2H])N(C([2H])([2H])[2H])C([2H])([2H])[2H])C2(O)C([2H])([2H])C([2H])([2H])C([2H])([2H])C([2H])([2H])C2([2H])[2H])cc1. The number of hydrogen-bond donors (Lipinski definition) is 1. The topological polar surface area (TPSA) is 32.7 Å². The Kier molecular flexibility index (Phi) is 1.14. The zero-order valence-corrected chi connectivity index (χ0v) is 10.1. The van der Waals surface area contributed by atoms with Gasteiger partial charge in [-0.2, -0.15) is 0 Å². The van der Waals surface area contributed by atoms with Crippen LogP contribution in [0.5, 0.6) is 5.75 Å². The van der Waals surface area contributed by atoms with Gasteiger partial charge < -0.3 is 14.7 Å². The normalized spacial score (nSPS) is 52.9. The van der Waals surface area contributed by atoms with Crippen molar-refractivity contribution in [1.82, 2.24) is 4.90 Å². The molecule has 1 aliphatic rings. The van der Waals surface area contributed by atoms with Gasteiger partial charge in [0.1, 0.15) is 5.75 Å². The number of aliphatic hydroxyl groups is 1. The van der Waals surface area contributed by atoms with Gasteiger partial charge in [-0.05, 0) is 44.4 Å². The zero-order chi connectivity index (χ0) is 33.8. The van der Waals surface area contributed by atoms with Gasteiger partial charge in [-0.25, -0.2) is 0 Å². The smallest absolute Gasteiger partial charge is 0.118 e. The lowest BCUT2D eigenvalue weighted by Gasteiger charge is -2.40. The monoisotopic (exact) mass is 299 g/mol. The van der Waals surface area contributed by atoms with Crippen LogP contribution in [0.15, 0.2) is 24.3 Å². The van der Waals surface area contributed by atoms with E-state index in [0.29, 0.717) is 24.3 Å². The predicted octanol–water partition coefficient (Wildman–Crippen LogP) is 3.04. The molecule has 1 fully saturated rings. The van der Waals surface area contributed by atoms with Crippen molar-refractivity contribution in [2.24, 2.45) is 0 Å². The maximum Gasteiger partial charge on any atom is 0.118 e. The third-order valence-electron chi connectivity index (χ3n) is 2.46. The van der Waals surface area contributed by atoms with Gasteiger partial charge in [0.2, 0.25) is 0 Å². The van der Waals surface area contributed by atoms with Gasteiger partial charge in [-0.3, -0.25) is 0 Å². The second-order valence-corrected chi connectivity index (χ2v) is 3.78. The van der Waals surface area contributed by atoms with E-state index in [1.807, 2.05) is 0 Å². The lowest BCUT2D eigenvalue weighted by molar-refractivity contribution is -0.0277. The van der Waals surface area contributed by atoms with E-state index in [4.69, 9.17) is 28.8 Å². The van der Waals surface area contributed by atoms with Crippen molar-refractivity contribution in [2.45, 2.75) is 43.4 Å². The van der Waals surface area contributed by atoms with E-state index in [2.05, 4.69) is 4.74 Å². The van der Waals surface area contributed by atoms with Crippen LogP contribution in [0, 0.1) is 0 Å². The summed E-state index contributed by atoms with van der Waals surface area (Å²) in [6.45, 7) is -12.6. The van der Waals surface area contributed by atoms with E-state index in [0.717, 1.165) is 0 Å². The highest BCUT2D eigenvalue weighted by atomic mass is 16.5. The van der Waals surface area contributed by atoms with Gasteiger partial charge in [-0.1, -0.05) is 31.3 Å². The van der Waals surface area contributed by atoms with Gasteiger partial charge in [0, 0.05) is 38.4 Å². The largest absolute Gasteiger partial charge is 0.497 e. The highest BCUT2D eigenvalue weighted by Gasteiger charge is 2.38. The summed E-state index contributed by atoms with van der Waals surface area (Å²) in [5.41, 5.74) is -5.98. The van der Waals surface area contributed by atoms with Crippen molar-refractivity contribution in [2.75, 3.05) is 27.5 Å². The first kappa shape index (κ1) is 3.47. The molecule has 0 saturated heterocycles. The molecule has 0 radical (unpaired) electrons. The first-order valence-electron chi connectivity index (χ1n) is 16.4. The third kappa shape index (κ3) is 3.53. The summed E-state index contributed by atoms with van der Waals surface area (Å²) in [5.74, 6) is -4.93. The van der Waals surface area contributed by atoms with E-state index >= 15 is 0 Å². The molecule has 112 valence electrons. The fourth-order valence-corrected chi connectivity index (χ4v) is 1.59. The third-order valence-corrected chi connectivity index (χ3v) is 2.46. The molecule has 1 aromatic rings. The molecule has 3 heteroatoms. The van der Waals surface area contributed by atoms with Crippen LogP contribution in [0.25, 0.3) is 0 Å². The van der Waals surface area contributed by atoms with Crippen molar-refractivity contribution < 1.29 is 40.0 Å². The molecule has 3 nitrogen and oxygen atoms in total. The van der Waals surface area contributed by atoms with Crippen molar-refractivity contribution in [3.63, 3.8) is 0 Å². The standard InChI is InChI=1S/C17H27NO2/c1-18(2)13-16(17(19)11-5-4-6-12-17)14-7-9-15(20-3)10-8-14/h7-10,16,19H,4-6,11-13H2,1-3H3/t16-/m1/s1/i1D3,2D3,3D3,4D2,5D2,6D2,11D2,12D2,13D2,16D.